The van der Waals surface area contributed by atoms with Crippen molar-refractivity contribution in [2.45, 2.75) is 34.6 Å². The number of aryl methyl sites for hydroxylation is 2. The molecule has 0 atom stereocenters. The number of hydrogen-bond acceptors (Lipinski definition) is 3. The second-order valence-electron chi connectivity index (χ2n) is 7.21. The van der Waals surface area contributed by atoms with Crippen LogP contribution in [-0.2, 0) is 4.79 Å². The van der Waals surface area contributed by atoms with Crippen LogP contribution in [0.1, 0.15) is 32.0 Å². The molecular formula is C19H21ClN4O. The van der Waals surface area contributed by atoms with E-state index in [0.29, 0.717) is 5.15 Å². The topological polar surface area (TPSA) is 59.3 Å². The molecule has 3 rings (SSSR count). The zero-order valence-electron chi connectivity index (χ0n) is 15.0. The van der Waals surface area contributed by atoms with E-state index in [-0.39, 0.29) is 5.91 Å². The van der Waals surface area contributed by atoms with E-state index in [1.807, 2.05) is 58.9 Å². The molecule has 1 N–H and O–H groups in total. The molecule has 0 saturated heterocycles. The first-order valence-corrected chi connectivity index (χ1v) is 8.49. The molecule has 5 nitrogen and oxygen atoms in total. The number of amides is 1. The summed E-state index contributed by atoms with van der Waals surface area (Å²) < 4.78 is 1.73. The van der Waals surface area contributed by atoms with Crippen molar-refractivity contribution >= 4 is 28.8 Å². The van der Waals surface area contributed by atoms with Crippen LogP contribution in [-0.4, -0.2) is 20.5 Å². The standard InChI is InChI=1S/C19H21ClN4O/c1-11-6-7-13(10-14(11)21-18(25)19(3,4)5)17-12(2)24-16(22-17)9-8-15(20)23-24/h6-10H,1-5H3,(H,21,25). The van der Waals surface area contributed by atoms with Crippen LogP contribution in [0.25, 0.3) is 16.9 Å². The Morgan fingerprint density at radius 1 is 1.16 bits per heavy atom. The summed E-state index contributed by atoms with van der Waals surface area (Å²) in [5, 5.41) is 7.72. The largest absolute Gasteiger partial charge is 0.325 e. The molecule has 6 heteroatoms. The van der Waals surface area contributed by atoms with E-state index in [2.05, 4.69) is 15.4 Å². The van der Waals surface area contributed by atoms with E-state index < -0.39 is 5.41 Å². The van der Waals surface area contributed by atoms with E-state index in [9.17, 15) is 4.79 Å². The highest BCUT2D eigenvalue weighted by Crippen LogP contribution is 2.29. The molecule has 0 fully saturated rings. The summed E-state index contributed by atoms with van der Waals surface area (Å²) in [4.78, 5) is 17.0. The maximum Gasteiger partial charge on any atom is 0.229 e. The third kappa shape index (κ3) is 3.37. The van der Waals surface area contributed by atoms with Gasteiger partial charge in [-0.05, 0) is 37.6 Å². The van der Waals surface area contributed by atoms with Crippen molar-refractivity contribution in [3.05, 3.63) is 46.7 Å². The summed E-state index contributed by atoms with van der Waals surface area (Å²) in [6, 6.07) is 9.49. The zero-order chi connectivity index (χ0) is 18.4. The van der Waals surface area contributed by atoms with Crippen molar-refractivity contribution in [2.75, 3.05) is 5.32 Å². The number of hydrogen-bond donors (Lipinski definition) is 1. The minimum Gasteiger partial charge on any atom is -0.325 e. The average molecular weight is 357 g/mol. The Morgan fingerprint density at radius 3 is 2.56 bits per heavy atom. The predicted molar refractivity (Wildman–Crippen MR) is 101 cm³/mol. The van der Waals surface area contributed by atoms with Gasteiger partial charge >= 0.3 is 0 Å². The molecule has 130 valence electrons. The maximum absolute atomic E-state index is 12.3. The van der Waals surface area contributed by atoms with Crippen LogP contribution < -0.4 is 5.32 Å². The molecule has 0 aliphatic rings. The molecule has 0 spiro atoms. The third-order valence-corrected chi connectivity index (χ3v) is 4.31. The van der Waals surface area contributed by atoms with Crippen LogP contribution >= 0.6 is 11.6 Å². The number of nitrogens with zero attached hydrogens (tertiary/aromatic N) is 3. The number of rotatable bonds is 2. The lowest BCUT2D eigenvalue weighted by Crippen LogP contribution is -2.27. The number of aromatic nitrogens is 3. The third-order valence-electron chi connectivity index (χ3n) is 4.11. The van der Waals surface area contributed by atoms with Gasteiger partial charge in [0.15, 0.2) is 5.65 Å². The molecule has 0 aliphatic carbocycles. The number of nitrogens with one attached hydrogen (secondary N) is 1. The smallest absolute Gasteiger partial charge is 0.229 e. The lowest BCUT2D eigenvalue weighted by atomic mass is 9.95. The number of halogens is 1. The monoisotopic (exact) mass is 356 g/mol. The zero-order valence-corrected chi connectivity index (χ0v) is 15.8. The lowest BCUT2D eigenvalue weighted by Gasteiger charge is -2.19. The molecule has 1 aromatic carbocycles. The number of anilines is 1. The van der Waals surface area contributed by atoms with Gasteiger partial charge < -0.3 is 5.32 Å². The van der Waals surface area contributed by atoms with Crippen molar-refractivity contribution in [3.63, 3.8) is 0 Å². The Morgan fingerprint density at radius 2 is 1.88 bits per heavy atom. The van der Waals surface area contributed by atoms with E-state index in [1.54, 1.807) is 10.6 Å². The van der Waals surface area contributed by atoms with Crippen LogP contribution in [0, 0.1) is 19.3 Å². The van der Waals surface area contributed by atoms with E-state index >= 15 is 0 Å². The Kier molecular flexibility index (Phi) is 4.29. The van der Waals surface area contributed by atoms with Crippen LogP contribution in [0.5, 0.6) is 0 Å². The van der Waals surface area contributed by atoms with Crippen molar-refractivity contribution in [1.82, 2.24) is 14.6 Å². The maximum atomic E-state index is 12.3. The van der Waals surface area contributed by atoms with Gasteiger partial charge in [0.25, 0.3) is 0 Å². The molecule has 3 aromatic rings. The minimum absolute atomic E-state index is 0.0204. The van der Waals surface area contributed by atoms with Crippen molar-refractivity contribution in [1.29, 1.82) is 0 Å². The van der Waals surface area contributed by atoms with Crippen LogP contribution in [0.4, 0.5) is 5.69 Å². The van der Waals surface area contributed by atoms with E-state index in [4.69, 9.17) is 11.6 Å². The molecule has 0 saturated carbocycles. The molecule has 2 heterocycles. The van der Waals surface area contributed by atoms with Crippen molar-refractivity contribution < 1.29 is 4.79 Å². The first-order chi connectivity index (χ1) is 11.7. The van der Waals surface area contributed by atoms with Crippen LogP contribution in [0.3, 0.4) is 0 Å². The highest BCUT2D eigenvalue weighted by Gasteiger charge is 2.22. The normalized spacial score (nSPS) is 11.8. The molecule has 0 aliphatic heterocycles. The second kappa shape index (κ2) is 6.15. The summed E-state index contributed by atoms with van der Waals surface area (Å²) in [6.45, 7) is 9.60. The molecule has 0 radical (unpaired) electrons. The van der Waals surface area contributed by atoms with Crippen molar-refractivity contribution in [2.24, 2.45) is 5.41 Å². The Labute approximate surface area is 152 Å². The first-order valence-electron chi connectivity index (χ1n) is 8.11. The number of carbonyl (C=O) groups is 1. The highest BCUT2D eigenvalue weighted by atomic mass is 35.5. The van der Waals surface area contributed by atoms with Crippen LogP contribution in [0.15, 0.2) is 30.3 Å². The van der Waals surface area contributed by atoms with Gasteiger partial charge in [0.1, 0.15) is 5.15 Å². The lowest BCUT2D eigenvalue weighted by molar-refractivity contribution is -0.123. The van der Waals surface area contributed by atoms with Crippen molar-refractivity contribution in [3.8, 4) is 11.3 Å². The van der Waals surface area contributed by atoms with E-state index in [0.717, 1.165) is 33.8 Å². The summed E-state index contributed by atoms with van der Waals surface area (Å²) in [5.74, 6) is -0.0204. The summed E-state index contributed by atoms with van der Waals surface area (Å²) in [5.41, 5.74) is 4.72. The summed E-state index contributed by atoms with van der Waals surface area (Å²) in [7, 11) is 0. The molecular weight excluding hydrogens is 336 g/mol. The number of benzene rings is 1. The van der Waals surface area contributed by atoms with Gasteiger partial charge in [0.2, 0.25) is 5.91 Å². The second-order valence-corrected chi connectivity index (χ2v) is 7.59. The van der Waals surface area contributed by atoms with E-state index in [1.165, 1.54) is 0 Å². The van der Waals surface area contributed by atoms with Gasteiger partial charge in [-0.3, -0.25) is 4.79 Å². The first kappa shape index (κ1) is 17.4. The Bertz CT molecular complexity index is 969. The summed E-state index contributed by atoms with van der Waals surface area (Å²) in [6.07, 6.45) is 0. The fraction of sp³-hybridized carbons (Fsp3) is 0.316. The fourth-order valence-corrected chi connectivity index (χ4v) is 2.65. The highest BCUT2D eigenvalue weighted by molar-refractivity contribution is 6.29. The minimum atomic E-state index is -0.456. The number of fused-ring (bicyclic) bond motifs is 1. The molecule has 0 unspecified atom stereocenters. The molecule has 2 aromatic heterocycles. The number of imidazole rings is 1. The van der Waals surface area contributed by atoms with Gasteiger partial charge in [-0.2, -0.15) is 5.10 Å². The molecule has 0 bridgehead atoms. The Balaban J connectivity index is 2.06. The SMILES string of the molecule is Cc1ccc(-c2nc3ccc(Cl)nn3c2C)cc1NC(=O)C(C)(C)C. The summed E-state index contributed by atoms with van der Waals surface area (Å²) >= 11 is 5.98. The molecule has 25 heavy (non-hydrogen) atoms. The van der Waals surface area contributed by atoms with Gasteiger partial charge in [-0.1, -0.05) is 44.5 Å². The van der Waals surface area contributed by atoms with Gasteiger partial charge in [-0.15, -0.1) is 0 Å². The van der Waals surface area contributed by atoms with Gasteiger partial charge in [0.05, 0.1) is 11.4 Å². The van der Waals surface area contributed by atoms with Gasteiger partial charge in [-0.25, -0.2) is 9.50 Å². The predicted octanol–water partition coefficient (Wildman–Crippen LogP) is 4.65. The fourth-order valence-electron chi connectivity index (χ4n) is 2.51. The quantitative estimate of drug-likeness (QED) is 0.727. The Hall–Kier alpha value is -2.40. The molecule has 1 amide bonds. The number of carbonyl (C=O) groups excluding carboxylic acids is 1. The van der Waals surface area contributed by atoms with Gasteiger partial charge in [0, 0.05) is 16.7 Å². The van der Waals surface area contributed by atoms with Crippen LogP contribution in [0.2, 0.25) is 5.15 Å². The average Bonchev–Trinajstić information content (AvgIpc) is 2.85.